The zero-order chi connectivity index (χ0) is 12.9. The predicted octanol–water partition coefficient (Wildman–Crippen LogP) is 4.61. The van der Waals surface area contributed by atoms with E-state index in [0.29, 0.717) is 6.04 Å². The molecule has 0 aromatic rings. The van der Waals surface area contributed by atoms with Crippen LogP contribution in [-0.2, 0) is 0 Å². The van der Waals surface area contributed by atoms with E-state index in [1.165, 1.54) is 38.5 Å². The first kappa shape index (κ1) is 16.4. The van der Waals surface area contributed by atoms with E-state index in [2.05, 4.69) is 38.3 Å². The number of hydrogen-bond donors (Lipinski definition) is 0. The summed E-state index contributed by atoms with van der Waals surface area (Å²) in [6.45, 7) is 14.1. The summed E-state index contributed by atoms with van der Waals surface area (Å²) in [4.78, 5) is 2.46. The Morgan fingerprint density at radius 3 is 2.06 bits per heavy atom. The Morgan fingerprint density at radius 1 is 1.00 bits per heavy atom. The molecule has 0 fully saturated rings. The highest BCUT2D eigenvalue weighted by Gasteiger charge is 2.15. The molecule has 0 rings (SSSR count). The molecule has 1 heteroatoms. The minimum atomic E-state index is 0.595. The summed E-state index contributed by atoms with van der Waals surface area (Å²) < 4.78 is 0. The molecule has 99 valence electrons. The van der Waals surface area contributed by atoms with Gasteiger partial charge in [-0.3, -0.25) is 4.90 Å². The van der Waals surface area contributed by atoms with Crippen molar-refractivity contribution in [3.8, 4) is 0 Å². The fourth-order valence-electron chi connectivity index (χ4n) is 2.05. The Morgan fingerprint density at radius 2 is 1.59 bits per heavy atom. The Labute approximate surface area is 109 Å². The molecule has 17 heavy (non-hydrogen) atoms. The summed E-state index contributed by atoms with van der Waals surface area (Å²) in [6, 6.07) is 0.595. The lowest BCUT2D eigenvalue weighted by Crippen LogP contribution is -2.36. The summed E-state index contributed by atoms with van der Waals surface area (Å²) in [6.07, 6.45) is 14.1. The first-order valence-corrected chi connectivity index (χ1v) is 7.09. The maximum absolute atomic E-state index is 3.85. The number of nitrogens with zero attached hydrogens (tertiary/aromatic N) is 1. The molecule has 1 nitrogen and oxygen atoms in total. The smallest absolute Gasteiger partial charge is 0.0166 e. The molecule has 0 aliphatic heterocycles. The van der Waals surface area contributed by atoms with E-state index in [9.17, 15) is 0 Å². The fraction of sp³-hybridized carbons (Fsp3) is 0.688. The standard InChI is InChI=1S/C16H30N/c1-5-9-11-13-16(12-10-6-2)17(14-7-3)15-8-4/h7-8,13,16H,3-6,9-12,14-15H2,1-2H3. The zero-order valence-electron chi connectivity index (χ0n) is 11.8. The highest BCUT2D eigenvalue weighted by Crippen LogP contribution is 2.15. The van der Waals surface area contributed by atoms with Crippen LogP contribution in [-0.4, -0.2) is 24.0 Å². The van der Waals surface area contributed by atoms with Crippen molar-refractivity contribution >= 4 is 0 Å². The lowest BCUT2D eigenvalue weighted by atomic mass is 10.0. The second-order valence-electron chi connectivity index (χ2n) is 4.62. The molecule has 0 bridgehead atoms. The molecular weight excluding hydrogens is 206 g/mol. The topological polar surface area (TPSA) is 3.24 Å². The monoisotopic (exact) mass is 236 g/mol. The quantitative estimate of drug-likeness (QED) is 0.353. The van der Waals surface area contributed by atoms with Gasteiger partial charge in [0.05, 0.1) is 0 Å². The van der Waals surface area contributed by atoms with Crippen LogP contribution in [0.1, 0.15) is 52.4 Å². The van der Waals surface area contributed by atoms with Crippen molar-refractivity contribution in [3.63, 3.8) is 0 Å². The maximum atomic E-state index is 3.85. The Kier molecular flexibility index (Phi) is 11.5. The molecular formula is C16H30N. The van der Waals surface area contributed by atoms with Gasteiger partial charge in [-0.1, -0.05) is 51.7 Å². The van der Waals surface area contributed by atoms with Gasteiger partial charge in [-0.15, -0.1) is 13.2 Å². The van der Waals surface area contributed by atoms with E-state index in [4.69, 9.17) is 0 Å². The molecule has 0 heterocycles. The van der Waals surface area contributed by atoms with Gasteiger partial charge in [-0.2, -0.15) is 0 Å². The van der Waals surface area contributed by atoms with Gasteiger partial charge in [0.25, 0.3) is 0 Å². The molecule has 1 atom stereocenters. The normalized spacial score (nSPS) is 12.6. The van der Waals surface area contributed by atoms with Gasteiger partial charge in [0, 0.05) is 19.1 Å². The van der Waals surface area contributed by atoms with Crippen molar-refractivity contribution in [2.75, 3.05) is 13.1 Å². The van der Waals surface area contributed by atoms with Crippen LogP contribution in [0.5, 0.6) is 0 Å². The highest BCUT2D eigenvalue weighted by molar-refractivity contribution is 4.91. The summed E-state index contributed by atoms with van der Waals surface area (Å²) in [7, 11) is 0. The average Bonchev–Trinajstić information content (AvgIpc) is 2.33. The molecule has 0 aromatic carbocycles. The Hall–Kier alpha value is -0.560. The average molecular weight is 236 g/mol. The fourth-order valence-corrected chi connectivity index (χ4v) is 2.05. The van der Waals surface area contributed by atoms with Crippen molar-refractivity contribution in [2.45, 2.75) is 58.4 Å². The first-order valence-electron chi connectivity index (χ1n) is 7.09. The van der Waals surface area contributed by atoms with Crippen molar-refractivity contribution in [2.24, 2.45) is 0 Å². The molecule has 0 aromatic heterocycles. The summed E-state index contributed by atoms with van der Waals surface area (Å²) in [5, 5.41) is 0. The van der Waals surface area contributed by atoms with Gasteiger partial charge in [0.15, 0.2) is 0 Å². The second-order valence-corrected chi connectivity index (χ2v) is 4.62. The third-order valence-corrected chi connectivity index (χ3v) is 3.05. The molecule has 0 saturated carbocycles. The zero-order valence-corrected chi connectivity index (χ0v) is 11.8. The van der Waals surface area contributed by atoms with Crippen molar-refractivity contribution in [3.05, 3.63) is 31.7 Å². The largest absolute Gasteiger partial charge is 0.293 e. The summed E-state index contributed by atoms with van der Waals surface area (Å²) in [5.41, 5.74) is 0. The molecule has 0 aliphatic rings. The Balaban J connectivity index is 4.24. The molecule has 0 aliphatic carbocycles. The SMILES string of the molecule is C=CCN(CC=C)C([CH]CCCC)CCCC. The predicted molar refractivity (Wildman–Crippen MR) is 79.1 cm³/mol. The van der Waals surface area contributed by atoms with E-state index in [1.807, 2.05) is 12.2 Å². The number of hydrogen-bond acceptors (Lipinski definition) is 1. The third kappa shape index (κ3) is 8.20. The molecule has 1 unspecified atom stereocenters. The van der Waals surface area contributed by atoms with Crippen molar-refractivity contribution < 1.29 is 0 Å². The van der Waals surface area contributed by atoms with E-state index >= 15 is 0 Å². The highest BCUT2D eigenvalue weighted by atomic mass is 15.1. The van der Waals surface area contributed by atoms with E-state index < -0.39 is 0 Å². The van der Waals surface area contributed by atoms with Gasteiger partial charge in [0.2, 0.25) is 0 Å². The van der Waals surface area contributed by atoms with Crippen LogP contribution in [0.25, 0.3) is 0 Å². The van der Waals surface area contributed by atoms with E-state index in [-0.39, 0.29) is 0 Å². The van der Waals surface area contributed by atoms with Crippen LogP contribution in [0.3, 0.4) is 0 Å². The van der Waals surface area contributed by atoms with Crippen LogP contribution in [0.2, 0.25) is 0 Å². The summed E-state index contributed by atoms with van der Waals surface area (Å²) in [5.74, 6) is 0. The van der Waals surface area contributed by atoms with Gasteiger partial charge >= 0.3 is 0 Å². The van der Waals surface area contributed by atoms with Crippen LogP contribution < -0.4 is 0 Å². The maximum Gasteiger partial charge on any atom is 0.0166 e. The molecule has 0 N–H and O–H groups in total. The van der Waals surface area contributed by atoms with Crippen molar-refractivity contribution in [1.29, 1.82) is 0 Å². The van der Waals surface area contributed by atoms with Crippen LogP contribution in [0.15, 0.2) is 25.3 Å². The molecule has 0 saturated heterocycles. The summed E-state index contributed by atoms with van der Waals surface area (Å²) >= 11 is 0. The van der Waals surface area contributed by atoms with Gasteiger partial charge in [0.1, 0.15) is 0 Å². The van der Waals surface area contributed by atoms with E-state index in [1.54, 1.807) is 0 Å². The lowest BCUT2D eigenvalue weighted by molar-refractivity contribution is 0.246. The molecule has 0 amide bonds. The second kappa shape index (κ2) is 11.9. The first-order chi connectivity index (χ1) is 8.29. The van der Waals surface area contributed by atoms with Gasteiger partial charge < -0.3 is 0 Å². The van der Waals surface area contributed by atoms with Crippen LogP contribution >= 0.6 is 0 Å². The van der Waals surface area contributed by atoms with E-state index in [0.717, 1.165) is 13.1 Å². The number of rotatable bonds is 12. The lowest BCUT2D eigenvalue weighted by Gasteiger charge is -2.30. The third-order valence-electron chi connectivity index (χ3n) is 3.05. The Bertz CT molecular complexity index is 176. The van der Waals surface area contributed by atoms with Gasteiger partial charge in [-0.05, 0) is 19.3 Å². The minimum Gasteiger partial charge on any atom is -0.293 e. The minimum absolute atomic E-state index is 0.595. The number of unbranched alkanes of at least 4 members (excludes halogenated alkanes) is 3. The van der Waals surface area contributed by atoms with Crippen molar-refractivity contribution in [1.82, 2.24) is 4.90 Å². The van der Waals surface area contributed by atoms with Crippen LogP contribution in [0.4, 0.5) is 0 Å². The van der Waals surface area contributed by atoms with Crippen LogP contribution in [0, 0.1) is 6.42 Å². The van der Waals surface area contributed by atoms with Gasteiger partial charge in [-0.25, -0.2) is 0 Å². The molecule has 0 spiro atoms. The molecule has 1 radical (unpaired) electrons.